The maximum atomic E-state index is 11.4. The number of hydrogen-bond donors (Lipinski definition) is 0. The molecule has 0 unspecified atom stereocenters. The molecule has 0 spiro atoms. The lowest BCUT2D eigenvalue weighted by Gasteiger charge is -2.35. The van der Waals surface area contributed by atoms with E-state index in [1.165, 1.54) is 34.9 Å². The summed E-state index contributed by atoms with van der Waals surface area (Å²) in [7, 11) is 1.37. The Labute approximate surface area is 253 Å². The number of carbonyl (C=O) groups is 1. The molecule has 42 heavy (non-hydrogen) atoms. The Morgan fingerprint density at radius 3 is 2.29 bits per heavy atom. The van der Waals surface area contributed by atoms with Crippen LogP contribution in [0.25, 0.3) is 0 Å². The van der Waals surface area contributed by atoms with E-state index in [4.69, 9.17) is 14.2 Å². The topological polar surface area (TPSA) is 54.0 Å². The fourth-order valence-electron chi connectivity index (χ4n) is 5.41. The summed E-state index contributed by atoms with van der Waals surface area (Å²) in [5.74, 6) is 0.472. The Bertz CT molecular complexity index is 1340. The monoisotopic (exact) mass is 584 g/mol. The Morgan fingerprint density at radius 2 is 1.57 bits per heavy atom. The van der Waals surface area contributed by atoms with Gasteiger partial charge in [0.1, 0.15) is 0 Å². The second kappa shape index (κ2) is 15.8. The Morgan fingerprint density at radius 1 is 0.833 bits per heavy atom. The first-order chi connectivity index (χ1) is 20.6. The molecule has 3 aromatic rings. The van der Waals surface area contributed by atoms with Gasteiger partial charge in [0.25, 0.3) is 0 Å². The van der Waals surface area contributed by atoms with Crippen molar-refractivity contribution < 1.29 is 23.7 Å². The van der Waals surface area contributed by atoms with Crippen LogP contribution < -0.4 is 0 Å². The van der Waals surface area contributed by atoms with Crippen molar-refractivity contribution >= 4 is 17.7 Å². The molecule has 0 bridgehead atoms. The van der Waals surface area contributed by atoms with Gasteiger partial charge in [-0.15, -0.1) is 11.8 Å². The molecule has 1 fully saturated rings. The summed E-state index contributed by atoms with van der Waals surface area (Å²) < 4.78 is 22.9. The van der Waals surface area contributed by atoms with Crippen molar-refractivity contribution in [3.8, 4) is 0 Å². The lowest BCUT2D eigenvalue weighted by atomic mass is 9.94. The number of ether oxygens (including phenoxy) is 4. The molecule has 1 aliphatic carbocycles. The summed E-state index contributed by atoms with van der Waals surface area (Å²) in [6.45, 7) is 1.93. The second-order valence-electron chi connectivity index (χ2n) is 10.9. The van der Waals surface area contributed by atoms with Crippen LogP contribution in [-0.2, 0) is 43.4 Å². The number of rotatable bonds is 13. The highest BCUT2D eigenvalue weighted by Crippen LogP contribution is 2.44. The first-order valence-corrected chi connectivity index (χ1v) is 15.7. The summed E-state index contributed by atoms with van der Waals surface area (Å²) >= 11 is 2.03. The van der Waals surface area contributed by atoms with Crippen LogP contribution in [0.3, 0.4) is 0 Å². The summed E-state index contributed by atoms with van der Waals surface area (Å²) in [6.07, 6.45) is 8.90. The largest absolute Gasteiger partial charge is 0.486 e. The quantitative estimate of drug-likeness (QED) is 0.191. The minimum atomic E-state index is -0.360. The van der Waals surface area contributed by atoms with E-state index in [1.54, 1.807) is 0 Å². The van der Waals surface area contributed by atoms with Gasteiger partial charge in [0.15, 0.2) is 6.61 Å². The molecule has 3 aromatic carbocycles. The first kappa shape index (κ1) is 30.1. The van der Waals surface area contributed by atoms with Crippen molar-refractivity contribution in [3.63, 3.8) is 0 Å². The molecule has 1 saturated heterocycles. The molecule has 0 saturated carbocycles. The van der Waals surface area contributed by atoms with Crippen LogP contribution in [0.2, 0.25) is 0 Å². The van der Waals surface area contributed by atoms with E-state index in [9.17, 15) is 4.79 Å². The summed E-state index contributed by atoms with van der Waals surface area (Å²) in [5.41, 5.74) is 6.45. The maximum absolute atomic E-state index is 11.4. The number of allylic oxidation sites excluding steroid dienone is 4. The highest BCUT2D eigenvalue weighted by atomic mass is 32.2. The van der Waals surface area contributed by atoms with Crippen LogP contribution in [0.15, 0.2) is 108 Å². The minimum absolute atomic E-state index is 0.0407. The molecule has 5 rings (SSSR count). The van der Waals surface area contributed by atoms with Crippen molar-refractivity contribution in [3.05, 3.63) is 131 Å². The summed E-state index contributed by atoms with van der Waals surface area (Å²) in [5, 5.41) is 0.717. The van der Waals surface area contributed by atoms with E-state index in [-0.39, 0.29) is 18.7 Å². The molecular weight excluding hydrogens is 544 g/mol. The lowest BCUT2D eigenvalue weighted by Crippen LogP contribution is -2.30. The van der Waals surface area contributed by atoms with E-state index < -0.39 is 0 Å². The minimum Gasteiger partial charge on any atom is -0.486 e. The highest BCUT2D eigenvalue weighted by molar-refractivity contribution is 8.00. The molecule has 220 valence electrons. The molecule has 6 heteroatoms. The summed E-state index contributed by atoms with van der Waals surface area (Å²) in [6, 6.07) is 29.8. The molecule has 0 aromatic heterocycles. The zero-order valence-electron chi connectivity index (χ0n) is 24.3. The molecule has 2 aliphatic rings. The molecule has 0 amide bonds. The average Bonchev–Trinajstić information content (AvgIpc) is 3.04. The molecule has 5 nitrogen and oxygen atoms in total. The third kappa shape index (κ3) is 9.35. The lowest BCUT2D eigenvalue weighted by molar-refractivity contribution is -0.144. The predicted octanol–water partition coefficient (Wildman–Crippen LogP) is 7.76. The van der Waals surface area contributed by atoms with Crippen LogP contribution in [0, 0.1) is 0 Å². The number of esters is 1. The Kier molecular flexibility index (Phi) is 11.3. The van der Waals surface area contributed by atoms with Crippen LogP contribution in [0.4, 0.5) is 0 Å². The number of carbonyl (C=O) groups excluding carboxylic acids is 1. The third-order valence-corrected chi connectivity index (χ3v) is 9.16. The normalized spacial score (nSPS) is 20.4. The van der Waals surface area contributed by atoms with E-state index in [0.717, 1.165) is 37.9 Å². The third-order valence-electron chi connectivity index (χ3n) is 7.66. The van der Waals surface area contributed by atoms with Crippen molar-refractivity contribution in [2.24, 2.45) is 0 Å². The Hall–Kier alpha value is -3.32. The van der Waals surface area contributed by atoms with E-state index in [2.05, 4.69) is 83.6 Å². The van der Waals surface area contributed by atoms with Gasteiger partial charge >= 0.3 is 5.97 Å². The fraction of sp³-hybridized carbons (Fsp3) is 0.361. The zero-order valence-corrected chi connectivity index (χ0v) is 25.1. The number of benzene rings is 3. The second-order valence-corrected chi connectivity index (χ2v) is 12.4. The van der Waals surface area contributed by atoms with Crippen LogP contribution in [-0.4, -0.2) is 37.6 Å². The average molecular weight is 585 g/mol. The van der Waals surface area contributed by atoms with Gasteiger partial charge in [0.05, 0.1) is 38.8 Å². The number of thioether (sulfide) groups is 1. The standard InChI is InChI=1S/C36H40O5S/c1-38-36(37)26-41-32-17-15-27(16-18-32)19-30-13-8-14-31(20-30)35-22-33(40-24-29-11-6-3-7-12-29)21-34(42-35)25-39-23-28-9-4-2-5-10-28/h2-15,17,20,33-35H,16,18-19,21-26H2,1H3/t33-,34-,35+/m0/s1. The maximum Gasteiger partial charge on any atom is 0.343 e. The van der Waals surface area contributed by atoms with Crippen molar-refractivity contribution in [1.29, 1.82) is 0 Å². The highest BCUT2D eigenvalue weighted by Gasteiger charge is 2.31. The SMILES string of the molecule is COC(=O)COC1=CC=C(Cc2cccc([C@H]3C[C@@H](OCc4ccccc4)C[C@@H](COCc4ccccc4)S3)c2)CC1. The molecule has 3 atom stereocenters. The smallest absolute Gasteiger partial charge is 0.343 e. The molecule has 1 aliphatic heterocycles. The zero-order chi connectivity index (χ0) is 29.0. The van der Waals surface area contributed by atoms with Crippen molar-refractivity contribution in [2.75, 3.05) is 20.3 Å². The Balaban J connectivity index is 1.22. The van der Waals surface area contributed by atoms with Gasteiger partial charge in [-0.3, -0.25) is 0 Å². The van der Waals surface area contributed by atoms with Crippen LogP contribution in [0.5, 0.6) is 0 Å². The number of methoxy groups -OCH3 is 1. The van der Waals surface area contributed by atoms with Gasteiger partial charge in [-0.1, -0.05) is 96.6 Å². The summed E-state index contributed by atoms with van der Waals surface area (Å²) in [4.78, 5) is 11.4. The molecule has 0 radical (unpaired) electrons. The predicted molar refractivity (Wildman–Crippen MR) is 168 cm³/mol. The van der Waals surface area contributed by atoms with E-state index in [0.29, 0.717) is 30.3 Å². The molecular formula is C36H40O5S. The van der Waals surface area contributed by atoms with Gasteiger partial charge in [0.2, 0.25) is 0 Å². The number of hydrogen-bond acceptors (Lipinski definition) is 6. The van der Waals surface area contributed by atoms with Crippen LogP contribution in [0.1, 0.15) is 53.2 Å². The fourth-order valence-corrected chi connectivity index (χ4v) is 7.00. The van der Waals surface area contributed by atoms with Crippen LogP contribution >= 0.6 is 11.8 Å². The van der Waals surface area contributed by atoms with Crippen molar-refractivity contribution in [1.82, 2.24) is 0 Å². The molecule has 1 heterocycles. The van der Waals surface area contributed by atoms with Gasteiger partial charge < -0.3 is 18.9 Å². The van der Waals surface area contributed by atoms with Gasteiger partial charge in [0, 0.05) is 16.9 Å². The van der Waals surface area contributed by atoms with Crippen molar-refractivity contribution in [2.45, 2.75) is 61.9 Å². The van der Waals surface area contributed by atoms with Gasteiger partial charge in [-0.2, -0.15) is 0 Å². The first-order valence-electron chi connectivity index (χ1n) is 14.7. The van der Waals surface area contributed by atoms with E-state index >= 15 is 0 Å². The van der Waals surface area contributed by atoms with E-state index in [1.807, 2.05) is 30.0 Å². The van der Waals surface area contributed by atoms with Gasteiger partial charge in [-0.05, 0) is 54.0 Å². The molecule has 0 N–H and O–H groups in total. The van der Waals surface area contributed by atoms with Gasteiger partial charge in [-0.25, -0.2) is 4.79 Å².